The molecular formula is C16H11ClF2O2. The molecule has 0 radical (unpaired) electrons. The molecule has 0 aliphatic heterocycles. The molecule has 0 unspecified atom stereocenters. The molecule has 0 atom stereocenters. The number of rotatable bonds is 3. The van der Waals surface area contributed by atoms with Crippen LogP contribution in [-0.2, 0) is 6.61 Å². The molecule has 2 aromatic carbocycles. The Morgan fingerprint density at radius 3 is 2.67 bits per heavy atom. The van der Waals surface area contributed by atoms with Crippen molar-refractivity contribution in [3.8, 4) is 17.6 Å². The minimum atomic E-state index is -0.498. The normalized spacial score (nSPS) is 9.90. The molecule has 2 aromatic rings. The van der Waals surface area contributed by atoms with Gasteiger partial charge in [0.25, 0.3) is 0 Å². The molecule has 2 nitrogen and oxygen atoms in total. The molecular weight excluding hydrogens is 298 g/mol. The van der Waals surface area contributed by atoms with Crippen LogP contribution in [0.25, 0.3) is 0 Å². The van der Waals surface area contributed by atoms with Crippen LogP contribution in [0.4, 0.5) is 8.78 Å². The lowest BCUT2D eigenvalue weighted by molar-refractivity contribution is 0.297. The van der Waals surface area contributed by atoms with Crippen LogP contribution >= 0.6 is 11.6 Å². The maximum atomic E-state index is 13.6. The molecule has 0 spiro atoms. The van der Waals surface area contributed by atoms with Crippen LogP contribution in [0.5, 0.6) is 5.75 Å². The molecule has 108 valence electrons. The average molecular weight is 309 g/mol. The van der Waals surface area contributed by atoms with E-state index in [-0.39, 0.29) is 24.0 Å². The molecule has 0 aliphatic carbocycles. The lowest BCUT2D eigenvalue weighted by Gasteiger charge is -2.09. The zero-order valence-electron chi connectivity index (χ0n) is 10.9. The molecule has 0 amide bonds. The molecule has 5 heteroatoms. The third-order valence-electron chi connectivity index (χ3n) is 2.64. The quantitative estimate of drug-likeness (QED) is 0.879. The van der Waals surface area contributed by atoms with Crippen molar-refractivity contribution in [2.45, 2.75) is 6.61 Å². The summed E-state index contributed by atoms with van der Waals surface area (Å²) in [6.07, 6.45) is 0. The van der Waals surface area contributed by atoms with Gasteiger partial charge in [0.15, 0.2) is 0 Å². The predicted octanol–water partition coefficient (Wildman–Crippen LogP) is 3.54. The number of halogens is 3. The first-order valence-electron chi connectivity index (χ1n) is 6.06. The summed E-state index contributed by atoms with van der Waals surface area (Å²) in [5.74, 6) is 4.29. The molecule has 0 heterocycles. The largest absolute Gasteiger partial charge is 0.487 e. The summed E-state index contributed by atoms with van der Waals surface area (Å²) in [7, 11) is 0. The zero-order valence-corrected chi connectivity index (χ0v) is 11.6. The van der Waals surface area contributed by atoms with Crippen molar-refractivity contribution < 1.29 is 18.6 Å². The summed E-state index contributed by atoms with van der Waals surface area (Å²) in [5, 5.41) is 8.98. The van der Waals surface area contributed by atoms with Crippen molar-refractivity contribution in [3.05, 3.63) is 64.2 Å². The first-order valence-corrected chi connectivity index (χ1v) is 6.44. The zero-order chi connectivity index (χ0) is 15.2. The lowest BCUT2D eigenvalue weighted by atomic mass is 10.2. The molecule has 0 saturated carbocycles. The Bertz CT molecular complexity index is 705. The highest BCUT2D eigenvalue weighted by Gasteiger charge is 2.07. The summed E-state index contributed by atoms with van der Waals surface area (Å²) in [4.78, 5) is 0. The Labute approximate surface area is 125 Å². The van der Waals surface area contributed by atoms with E-state index in [0.29, 0.717) is 11.1 Å². The van der Waals surface area contributed by atoms with Crippen LogP contribution in [-0.4, -0.2) is 11.7 Å². The van der Waals surface area contributed by atoms with E-state index in [1.165, 1.54) is 24.3 Å². The van der Waals surface area contributed by atoms with Gasteiger partial charge >= 0.3 is 0 Å². The standard InChI is InChI=1S/C16H11ClF2O2/c17-13-5-3-12(15(19)8-13)10-21-16-9-14(18)6-4-11(16)2-1-7-20/h3-6,8-9,20H,7,10H2. The molecule has 0 saturated heterocycles. The first-order chi connectivity index (χ1) is 10.1. The van der Waals surface area contributed by atoms with Gasteiger partial charge in [-0.3, -0.25) is 0 Å². The van der Waals surface area contributed by atoms with Gasteiger partial charge in [-0.1, -0.05) is 29.5 Å². The fourth-order valence-electron chi connectivity index (χ4n) is 1.65. The van der Waals surface area contributed by atoms with E-state index >= 15 is 0 Å². The second-order valence-electron chi connectivity index (χ2n) is 4.12. The number of hydrogen-bond acceptors (Lipinski definition) is 2. The second kappa shape index (κ2) is 7.07. The van der Waals surface area contributed by atoms with E-state index in [9.17, 15) is 8.78 Å². The number of hydrogen-bond donors (Lipinski definition) is 1. The van der Waals surface area contributed by atoms with Gasteiger partial charge in [-0.25, -0.2) is 8.78 Å². The number of aliphatic hydroxyl groups is 1. The fourth-order valence-corrected chi connectivity index (χ4v) is 1.81. The van der Waals surface area contributed by atoms with Crippen molar-refractivity contribution >= 4 is 11.6 Å². The molecule has 0 aromatic heterocycles. The van der Waals surface area contributed by atoms with Crippen LogP contribution in [0.1, 0.15) is 11.1 Å². The summed E-state index contributed by atoms with van der Waals surface area (Å²) in [5.41, 5.74) is 0.713. The van der Waals surface area contributed by atoms with Gasteiger partial charge in [0.2, 0.25) is 0 Å². The summed E-state index contributed by atoms with van der Waals surface area (Å²) < 4.78 is 32.3. The molecule has 21 heavy (non-hydrogen) atoms. The molecule has 2 rings (SSSR count). The third-order valence-corrected chi connectivity index (χ3v) is 2.88. The van der Waals surface area contributed by atoms with Gasteiger partial charge in [-0.2, -0.15) is 0 Å². The topological polar surface area (TPSA) is 29.5 Å². The lowest BCUT2D eigenvalue weighted by Crippen LogP contribution is -2.00. The fraction of sp³-hybridized carbons (Fsp3) is 0.125. The Hall–Kier alpha value is -2.09. The monoisotopic (exact) mass is 308 g/mol. The van der Waals surface area contributed by atoms with E-state index in [2.05, 4.69) is 11.8 Å². The van der Waals surface area contributed by atoms with Crippen LogP contribution in [0.3, 0.4) is 0 Å². The highest BCUT2D eigenvalue weighted by molar-refractivity contribution is 6.30. The maximum absolute atomic E-state index is 13.6. The van der Waals surface area contributed by atoms with Crippen LogP contribution in [0, 0.1) is 23.5 Å². The minimum Gasteiger partial charge on any atom is -0.487 e. The Morgan fingerprint density at radius 1 is 1.14 bits per heavy atom. The van der Waals surface area contributed by atoms with E-state index in [0.717, 1.165) is 6.07 Å². The van der Waals surface area contributed by atoms with Crippen molar-refractivity contribution in [2.24, 2.45) is 0 Å². The van der Waals surface area contributed by atoms with Gasteiger partial charge in [0.05, 0.1) is 5.56 Å². The van der Waals surface area contributed by atoms with Crippen LogP contribution < -0.4 is 4.74 Å². The van der Waals surface area contributed by atoms with E-state index in [4.69, 9.17) is 21.4 Å². The van der Waals surface area contributed by atoms with Crippen LogP contribution in [0.2, 0.25) is 5.02 Å². The number of benzene rings is 2. The number of ether oxygens (including phenoxy) is 1. The minimum absolute atomic E-state index is 0.0831. The highest BCUT2D eigenvalue weighted by Crippen LogP contribution is 2.22. The van der Waals surface area contributed by atoms with Gasteiger partial charge in [0, 0.05) is 16.7 Å². The van der Waals surface area contributed by atoms with E-state index < -0.39 is 11.6 Å². The maximum Gasteiger partial charge on any atom is 0.138 e. The SMILES string of the molecule is OCC#Cc1ccc(F)cc1OCc1ccc(Cl)cc1F. The Morgan fingerprint density at radius 2 is 1.95 bits per heavy atom. The van der Waals surface area contributed by atoms with Crippen LogP contribution in [0.15, 0.2) is 36.4 Å². The predicted molar refractivity (Wildman–Crippen MR) is 76.1 cm³/mol. The summed E-state index contributed by atoms with van der Waals surface area (Å²) in [6.45, 7) is -0.400. The van der Waals surface area contributed by atoms with Crippen molar-refractivity contribution in [2.75, 3.05) is 6.61 Å². The second-order valence-corrected chi connectivity index (χ2v) is 4.56. The molecule has 1 N–H and O–H groups in total. The molecule has 0 bridgehead atoms. The van der Waals surface area contributed by atoms with Gasteiger partial charge in [-0.15, -0.1) is 0 Å². The van der Waals surface area contributed by atoms with Crippen molar-refractivity contribution in [3.63, 3.8) is 0 Å². The number of aliphatic hydroxyl groups excluding tert-OH is 1. The summed E-state index contributed by atoms with van der Waals surface area (Å²) in [6, 6.07) is 8.05. The Kier molecular flexibility index (Phi) is 5.15. The average Bonchev–Trinajstić information content (AvgIpc) is 2.45. The first kappa shape index (κ1) is 15.3. The Balaban J connectivity index is 2.20. The van der Waals surface area contributed by atoms with E-state index in [1.807, 2.05) is 0 Å². The van der Waals surface area contributed by atoms with E-state index in [1.54, 1.807) is 6.07 Å². The van der Waals surface area contributed by atoms with Gasteiger partial charge in [0.1, 0.15) is 30.6 Å². The third kappa shape index (κ3) is 4.19. The molecule has 0 aliphatic rings. The van der Waals surface area contributed by atoms with Gasteiger partial charge < -0.3 is 9.84 Å². The summed E-state index contributed by atoms with van der Waals surface area (Å²) >= 11 is 5.66. The highest BCUT2D eigenvalue weighted by atomic mass is 35.5. The smallest absolute Gasteiger partial charge is 0.138 e. The molecule has 0 fully saturated rings. The van der Waals surface area contributed by atoms with Gasteiger partial charge in [-0.05, 0) is 24.3 Å². The van der Waals surface area contributed by atoms with Crippen molar-refractivity contribution in [1.29, 1.82) is 0 Å². The van der Waals surface area contributed by atoms with Crippen molar-refractivity contribution in [1.82, 2.24) is 0 Å².